The van der Waals surface area contributed by atoms with Crippen LogP contribution in [-0.2, 0) is 4.79 Å². The molecule has 3 nitrogen and oxygen atoms in total. The van der Waals surface area contributed by atoms with Crippen LogP contribution in [0.5, 0.6) is 0 Å². The third-order valence-corrected chi connectivity index (χ3v) is 4.07. The first-order valence-electron chi connectivity index (χ1n) is 7.24. The lowest BCUT2D eigenvalue weighted by Crippen LogP contribution is -2.29. The number of amides is 1. The van der Waals surface area contributed by atoms with Crippen LogP contribution < -0.4 is 10.6 Å². The summed E-state index contributed by atoms with van der Waals surface area (Å²) in [6.07, 6.45) is 1.17. The number of thioether (sulfide) groups is 1. The summed E-state index contributed by atoms with van der Waals surface area (Å²) in [4.78, 5) is 11.1. The highest BCUT2D eigenvalue weighted by atomic mass is 32.2. The van der Waals surface area contributed by atoms with Crippen LogP contribution >= 0.6 is 11.8 Å². The van der Waals surface area contributed by atoms with Crippen molar-refractivity contribution in [1.82, 2.24) is 5.32 Å². The molecule has 0 aliphatic heterocycles. The number of nitrogens with one attached hydrogen (secondary N) is 2. The first kappa shape index (κ1) is 17.1. The Morgan fingerprint density at radius 2 is 2.10 bits per heavy atom. The minimum absolute atomic E-state index is 0.0345. The summed E-state index contributed by atoms with van der Waals surface area (Å²) in [7, 11) is 0. The van der Waals surface area contributed by atoms with Crippen LogP contribution in [0.4, 0.5) is 5.69 Å². The molecule has 1 amide bonds. The Hall–Kier alpha value is -1.00. The van der Waals surface area contributed by atoms with E-state index in [2.05, 4.69) is 37.5 Å². The zero-order valence-corrected chi connectivity index (χ0v) is 13.7. The topological polar surface area (TPSA) is 41.1 Å². The first-order chi connectivity index (χ1) is 9.52. The first-order valence-corrected chi connectivity index (χ1v) is 8.39. The number of hydrogen-bond donors (Lipinski definition) is 2. The Morgan fingerprint density at radius 1 is 1.35 bits per heavy atom. The predicted octanol–water partition coefficient (Wildman–Crippen LogP) is 3.83. The maximum atomic E-state index is 11.1. The number of carbonyl (C=O) groups excluding carboxylic acids is 1. The van der Waals surface area contributed by atoms with Gasteiger partial charge >= 0.3 is 0 Å². The molecule has 2 atom stereocenters. The molecular formula is C16H26N2OS. The van der Waals surface area contributed by atoms with E-state index in [1.165, 1.54) is 30.4 Å². The lowest BCUT2D eigenvalue weighted by molar-refractivity contribution is -0.114. The lowest BCUT2D eigenvalue weighted by atomic mass is 10.1. The average Bonchev–Trinajstić information content (AvgIpc) is 2.38. The molecule has 0 bridgehead atoms. The van der Waals surface area contributed by atoms with Gasteiger partial charge in [-0.1, -0.05) is 19.1 Å². The number of benzene rings is 1. The smallest absolute Gasteiger partial charge is 0.221 e. The summed E-state index contributed by atoms with van der Waals surface area (Å²) < 4.78 is 0. The van der Waals surface area contributed by atoms with Gasteiger partial charge in [0.2, 0.25) is 5.91 Å². The molecule has 2 unspecified atom stereocenters. The average molecular weight is 294 g/mol. The molecule has 0 saturated carbocycles. The van der Waals surface area contributed by atoms with Gasteiger partial charge in [-0.3, -0.25) is 4.79 Å². The molecule has 0 fully saturated rings. The Morgan fingerprint density at radius 3 is 2.75 bits per heavy atom. The van der Waals surface area contributed by atoms with E-state index in [-0.39, 0.29) is 11.9 Å². The normalized spacial score (nSPS) is 13.8. The summed E-state index contributed by atoms with van der Waals surface area (Å²) >= 11 is 1.98. The fourth-order valence-electron chi connectivity index (χ4n) is 2.10. The van der Waals surface area contributed by atoms with Gasteiger partial charge in [0.1, 0.15) is 0 Å². The second-order valence-electron chi connectivity index (χ2n) is 5.08. The minimum atomic E-state index is -0.0345. The van der Waals surface area contributed by atoms with Crippen LogP contribution in [0.25, 0.3) is 0 Å². The lowest BCUT2D eigenvalue weighted by Gasteiger charge is -2.21. The van der Waals surface area contributed by atoms with Crippen molar-refractivity contribution in [3.63, 3.8) is 0 Å². The molecular weight excluding hydrogens is 268 g/mol. The monoisotopic (exact) mass is 294 g/mol. The van der Waals surface area contributed by atoms with Crippen molar-refractivity contribution >= 4 is 23.4 Å². The fraction of sp³-hybridized carbons (Fsp3) is 0.562. The zero-order chi connectivity index (χ0) is 15.0. The summed E-state index contributed by atoms with van der Waals surface area (Å²) in [6, 6.07) is 8.80. The molecule has 0 aliphatic rings. The summed E-state index contributed by atoms with van der Waals surface area (Å²) in [6.45, 7) is 8.11. The summed E-state index contributed by atoms with van der Waals surface area (Å²) in [5.74, 6) is 2.34. The van der Waals surface area contributed by atoms with Gasteiger partial charge in [0.25, 0.3) is 0 Å². The molecule has 0 radical (unpaired) electrons. The van der Waals surface area contributed by atoms with Crippen LogP contribution in [0.1, 0.15) is 45.7 Å². The summed E-state index contributed by atoms with van der Waals surface area (Å²) in [5, 5.41) is 6.43. The van der Waals surface area contributed by atoms with E-state index in [0.717, 1.165) is 5.69 Å². The second-order valence-corrected chi connectivity index (χ2v) is 6.48. The van der Waals surface area contributed by atoms with Crippen molar-refractivity contribution in [1.29, 1.82) is 0 Å². The molecule has 0 spiro atoms. The van der Waals surface area contributed by atoms with Gasteiger partial charge in [-0.15, -0.1) is 0 Å². The van der Waals surface area contributed by atoms with Gasteiger partial charge in [-0.25, -0.2) is 0 Å². The van der Waals surface area contributed by atoms with Crippen LogP contribution in [0.2, 0.25) is 0 Å². The highest BCUT2D eigenvalue weighted by Gasteiger charge is 2.10. The van der Waals surface area contributed by atoms with Gasteiger partial charge < -0.3 is 10.6 Å². The van der Waals surface area contributed by atoms with E-state index in [1.54, 1.807) is 0 Å². The fourth-order valence-corrected chi connectivity index (χ4v) is 2.91. The maximum absolute atomic E-state index is 11.1. The van der Waals surface area contributed by atoms with Crippen molar-refractivity contribution in [2.75, 3.05) is 16.8 Å². The van der Waals surface area contributed by atoms with E-state index in [4.69, 9.17) is 0 Å². The Bertz CT molecular complexity index is 423. The van der Waals surface area contributed by atoms with E-state index in [1.807, 2.05) is 30.0 Å². The number of rotatable bonds is 8. The molecule has 20 heavy (non-hydrogen) atoms. The third-order valence-electron chi connectivity index (χ3n) is 3.14. The van der Waals surface area contributed by atoms with Crippen LogP contribution in [0, 0.1) is 0 Å². The molecule has 1 aromatic rings. The number of anilines is 1. The number of carbonyl (C=O) groups is 1. The van der Waals surface area contributed by atoms with Crippen molar-refractivity contribution in [3.05, 3.63) is 29.8 Å². The van der Waals surface area contributed by atoms with Crippen molar-refractivity contribution in [3.8, 4) is 0 Å². The summed E-state index contributed by atoms with van der Waals surface area (Å²) in [5.41, 5.74) is 2.06. The zero-order valence-electron chi connectivity index (χ0n) is 12.9. The Labute approximate surface area is 126 Å². The van der Waals surface area contributed by atoms with E-state index in [0.29, 0.717) is 6.04 Å². The molecule has 0 aliphatic carbocycles. The standard InChI is InChI=1S/C16H26N2OS/c1-5-20-10-9-12(2)17-13(3)15-7-6-8-16(11-15)18-14(4)19/h6-8,11-13,17H,5,9-10H2,1-4H3,(H,18,19). The molecule has 112 valence electrons. The highest BCUT2D eigenvalue weighted by Crippen LogP contribution is 2.18. The Kier molecular flexibility index (Phi) is 7.70. The Balaban J connectivity index is 2.53. The largest absolute Gasteiger partial charge is 0.326 e. The van der Waals surface area contributed by atoms with Gasteiger partial charge in [-0.2, -0.15) is 11.8 Å². The highest BCUT2D eigenvalue weighted by molar-refractivity contribution is 7.99. The predicted molar refractivity (Wildman–Crippen MR) is 89.4 cm³/mol. The van der Waals surface area contributed by atoms with Gasteiger partial charge in [0.05, 0.1) is 0 Å². The molecule has 0 aromatic heterocycles. The van der Waals surface area contributed by atoms with Crippen LogP contribution in [-0.4, -0.2) is 23.5 Å². The maximum Gasteiger partial charge on any atom is 0.221 e. The van der Waals surface area contributed by atoms with E-state index >= 15 is 0 Å². The number of hydrogen-bond acceptors (Lipinski definition) is 3. The van der Waals surface area contributed by atoms with Crippen LogP contribution in [0.3, 0.4) is 0 Å². The molecule has 4 heteroatoms. The van der Waals surface area contributed by atoms with Gasteiger partial charge in [0.15, 0.2) is 0 Å². The third kappa shape index (κ3) is 6.44. The second kappa shape index (κ2) is 9.03. The molecule has 1 rings (SSSR count). The van der Waals surface area contributed by atoms with Gasteiger partial charge in [0, 0.05) is 24.7 Å². The van der Waals surface area contributed by atoms with E-state index < -0.39 is 0 Å². The minimum Gasteiger partial charge on any atom is -0.326 e. The van der Waals surface area contributed by atoms with Crippen molar-refractivity contribution < 1.29 is 4.79 Å². The van der Waals surface area contributed by atoms with Crippen LogP contribution in [0.15, 0.2) is 24.3 Å². The van der Waals surface area contributed by atoms with Crippen molar-refractivity contribution in [2.45, 2.75) is 46.2 Å². The molecule has 0 heterocycles. The quantitative estimate of drug-likeness (QED) is 0.716. The van der Waals surface area contributed by atoms with E-state index in [9.17, 15) is 4.79 Å². The SMILES string of the molecule is CCSCCC(C)NC(C)c1cccc(NC(C)=O)c1. The van der Waals surface area contributed by atoms with Gasteiger partial charge in [-0.05, 0) is 49.5 Å². The van der Waals surface area contributed by atoms with Crippen molar-refractivity contribution in [2.24, 2.45) is 0 Å². The molecule has 2 N–H and O–H groups in total. The molecule has 1 aromatic carbocycles. The molecule has 0 saturated heterocycles.